The average Bonchev–Trinajstić information content (AvgIpc) is 3.50. The van der Waals surface area contributed by atoms with E-state index >= 15 is 0 Å². The van der Waals surface area contributed by atoms with E-state index in [1.807, 2.05) is 42.5 Å². The van der Waals surface area contributed by atoms with Crippen molar-refractivity contribution in [3.63, 3.8) is 0 Å². The van der Waals surface area contributed by atoms with Gasteiger partial charge in [0.05, 0.1) is 23.6 Å². The monoisotopic (exact) mass is 423 g/mol. The first kappa shape index (κ1) is 20.1. The van der Waals surface area contributed by atoms with Crippen molar-refractivity contribution in [1.29, 1.82) is 0 Å². The standard InChI is InChI=1S/C21H21N5O3S/c27-20(29-13-15-10-11-15)12-22-21(28)17-8-4-5-9-18(17)30-14-19-23-24-25-26(19)16-6-2-1-3-7-16/h1-9,15H,10-14H2,(H,22,28). The van der Waals surface area contributed by atoms with Gasteiger partial charge in [0.1, 0.15) is 6.54 Å². The number of nitrogens with one attached hydrogen (secondary N) is 1. The third kappa shape index (κ3) is 5.24. The maximum atomic E-state index is 12.6. The summed E-state index contributed by atoms with van der Waals surface area (Å²) in [6.45, 7) is 0.300. The molecule has 4 rings (SSSR count). The Bertz CT molecular complexity index is 1020. The molecule has 0 bridgehead atoms. The van der Waals surface area contributed by atoms with Crippen LogP contribution in [0.4, 0.5) is 0 Å². The number of hydrogen-bond acceptors (Lipinski definition) is 7. The summed E-state index contributed by atoms with van der Waals surface area (Å²) in [7, 11) is 0. The van der Waals surface area contributed by atoms with Crippen LogP contribution in [0, 0.1) is 5.92 Å². The number of tetrazole rings is 1. The smallest absolute Gasteiger partial charge is 0.325 e. The number of thioether (sulfide) groups is 1. The van der Waals surface area contributed by atoms with Crippen LogP contribution in [0.3, 0.4) is 0 Å². The van der Waals surface area contributed by atoms with Crippen LogP contribution in [0.15, 0.2) is 59.5 Å². The molecule has 0 spiro atoms. The largest absolute Gasteiger partial charge is 0.464 e. The van der Waals surface area contributed by atoms with Crippen molar-refractivity contribution in [1.82, 2.24) is 25.5 Å². The minimum atomic E-state index is -0.414. The number of amides is 1. The molecule has 0 aliphatic heterocycles. The Hall–Kier alpha value is -3.20. The lowest BCUT2D eigenvalue weighted by Crippen LogP contribution is -2.31. The lowest BCUT2D eigenvalue weighted by Gasteiger charge is -2.10. The summed E-state index contributed by atoms with van der Waals surface area (Å²) in [5.41, 5.74) is 1.37. The van der Waals surface area contributed by atoms with Gasteiger partial charge in [-0.1, -0.05) is 30.3 Å². The normalized spacial score (nSPS) is 13.1. The van der Waals surface area contributed by atoms with Gasteiger partial charge in [-0.25, -0.2) is 0 Å². The van der Waals surface area contributed by atoms with Crippen molar-refractivity contribution in [2.45, 2.75) is 23.5 Å². The highest BCUT2D eigenvalue weighted by molar-refractivity contribution is 7.98. The number of esters is 1. The van der Waals surface area contributed by atoms with Crippen LogP contribution in [-0.4, -0.2) is 45.2 Å². The molecule has 0 unspecified atom stereocenters. The van der Waals surface area contributed by atoms with Crippen molar-refractivity contribution in [2.75, 3.05) is 13.2 Å². The third-order valence-corrected chi connectivity index (χ3v) is 5.66. The van der Waals surface area contributed by atoms with E-state index in [-0.39, 0.29) is 12.5 Å². The summed E-state index contributed by atoms with van der Waals surface area (Å²) in [5.74, 6) is 0.918. The van der Waals surface area contributed by atoms with Gasteiger partial charge in [0.25, 0.3) is 5.91 Å². The Kier molecular flexibility index (Phi) is 6.38. The number of benzene rings is 2. The molecule has 1 heterocycles. The van der Waals surface area contributed by atoms with Crippen LogP contribution in [-0.2, 0) is 15.3 Å². The first-order valence-electron chi connectivity index (χ1n) is 9.69. The van der Waals surface area contributed by atoms with Gasteiger partial charge in [0, 0.05) is 4.90 Å². The predicted molar refractivity (Wildman–Crippen MR) is 111 cm³/mol. The van der Waals surface area contributed by atoms with Crippen LogP contribution in [0.5, 0.6) is 0 Å². The molecule has 0 radical (unpaired) electrons. The van der Waals surface area contributed by atoms with Gasteiger partial charge >= 0.3 is 5.97 Å². The van der Waals surface area contributed by atoms with Gasteiger partial charge in [0.15, 0.2) is 5.82 Å². The van der Waals surface area contributed by atoms with Crippen LogP contribution in [0.1, 0.15) is 29.0 Å². The first-order valence-corrected chi connectivity index (χ1v) is 10.7. The number of para-hydroxylation sites is 1. The molecular weight excluding hydrogens is 402 g/mol. The number of rotatable bonds is 9. The zero-order valence-electron chi connectivity index (χ0n) is 16.2. The fourth-order valence-corrected chi connectivity index (χ4v) is 3.74. The number of hydrogen-bond donors (Lipinski definition) is 1. The highest BCUT2D eigenvalue weighted by atomic mass is 32.2. The minimum Gasteiger partial charge on any atom is -0.464 e. The summed E-state index contributed by atoms with van der Waals surface area (Å²) in [4.78, 5) is 25.2. The molecule has 9 heteroatoms. The lowest BCUT2D eigenvalue weighted by molar-refractivity contribution is -0.142. The molecule has 1 amide bonds. The SMILES string of the molecule is O=C(CNC(=O)c1ccccc1SCc1nnnn1-c1ccccc1)OCC1CC1. The topological polar surface area (TPSA) is 99.0 Å². The summed E-state index contributed by atoms with van der Waals surface area (Å²) < 4.78 is 6.82. The summed E-state index contributed by atoms with van der Waals surface area (Å²) >= 11 is 1.46. The quantitative estimate of drug-likeness (QED) is 0.417. The average molecular weight is 423 g/mol. The predicted octanol–water partition coefficient (Wildman–Crippen LogP) is 2.64. The van der Waals surface area contributed by atoms with E-state index in [0.717, 1.165) is 23.4 Å². The molecule has 154 valence electrons. The second kappa shape index (κ2) is 9.53. The molecule has 0 saturated heterocycles. The van der Waals surface area contributed by atoms with Crippen LogP contribution >= 0.6 is 11.8 Å². The second-order valence-corrected chi connectivity index (χ2v) is 7.95. The maximum absolute atomic E-state index is 12.6. The molecule has 30 heavy (non-hydrogen) atoms. The number of nitrogens with zero attached hydrogens (tertiary/aromatic N) is 4. The molecular formula is C21H21N5O3S. The van der Waals surface area contributed by atoms with Crippen molar-refractivity contribution < 1.29 is 14.3 Å². The first-order chi connectivity index (χ1) is 14.7. The van der Waals surface area contributed by atoms with Gasteiger partial charge in [-0.3, -0.25) is 9.59 Å². The molecule has 1 saturated carbocycles. The fourth-order valence-electron chi connectivity index (χ4n) is 2.78. The Morgan fingerprint density at radius 2 is 1.87 bits per heavy atom. The van der Waals surface area contributed by atoms with E-state index in [4.69, 9.17) is 4.74 Å². The van der Waals surface area contributed by atoms with E-state index in [1.54, 1.807) is 16.8 Å². The summed E-state index contributed by atoms with van der Waals surface area (Å²) in [5, 5.41) is 14.6. The highest BCUT2D eigenvalue weighted by Gasteiger charge is 2.23. The molecule has 1 aliphatic carbocycles. The molecule has 2 aromatic carbocycles. The van der Waals surface area contributed by atoms with Crippen molar-refractivity contribution in [3.8, 4) is 5.69 Å². The highest BCUT2D eigenvalue weighted by Crippen LogP contribution is 2.29. The molecule has 8 nitrogen and oxygen atoms in total. The van der Waals surface area contributed by atoms with Crippen molar-refractivity contribution in [3.05, 3.63) is 66.0 Å². The van der Waals surface area contributed by atoms with E-state index in [2.05, 4.69) is 20.8 Å². The second-order valence-electron chi connectivity index (χ2n) is 6.94. The third-order valence-electron chi connectivity index (χ3n) is 4.59. The molecule has 0 atom stereocenters. The van der Waals surface area contributed by atoms with Crippen molar-refractivity contribution >= 4 is 23.6 Å². The zero-order valence-corrected chi connectivity index (χ0v) is 17.0. The van der Waals surface area contributed by atoms with Gasteiger partial charge in [-0.05, 0) is 53.5 Å². The lowest BCUT2D eigenvalue weighted by atomic mass is 10.2. The van der Waals surface area contributed by atoms with E-state index in [1.165, 1.54) is 11.8 Å². The Morgan fingerprint density at radius 3 is 2.67 bits per heavy atom. The number of aromatic nitrogens is 4. The van der Waals surface area contributed by atoms with Crippen LogP contribution in [0.2, 0.25) is 0 Å². The fraction of sp³-hybridized carbons (Fsp3) is 0.286. The number of carbonyl (C=O) groups excluding carboxylic acids is 2. The zero-order chi connectivity index (χ0) is 20.8. The van der Waals surface area contributed by atoms with E-state index in [9.17, 15) is 9.59 Å². The van der Waals surface area contributed by atoms with Gasteiger partial charge in [-0.15, -0.1) is 16.9 Å². The maximum Gasteiger partial charge on any atom is 0.325 e. The van der Waals surface area contributed by atoms with Crippen LogP contribution in [0.25, 0.3) is 5.69 Å². The van der Waals surface area contributed by atoms with Gasteiger partial charge in [-0.2, -0.15) is 4.68 Å². The van der Waals surface area contributed by atoms with E-state index < -0.39 is 5.97 Å². The summed E-state index contributed by atoms with van der Waals surface area (Å²) in [6.07, 6.45) is 2.22. The minimum absolute atomic E-state index is 0.142. The Morgan fingerprint density at radius 1 is 1.10 bits per heavy atom. The van der Waals surface area contributed by atoms with Crippen molar-refractivity contribution in [2.24, 2.45) is 5.92 Å². The number of ether oxygens (including phenoxy) is 1. The Labute approximate surface area is 178 Å². The molecule has 3 aromatic rings. The van der Waals surface area contributed by atoms with E-state index in [0.29, 0.717) is 29.7 Å². The van der Waals surface area contributed by atoms with Gasteiger partial charge < -0.3 is 10.1 Å². The molecule has 1 aromatic heterocycles. The van der Waals surface area contributed by atoms with Gasteiger partial charge in [0.2, 0.25) is 0 Å². The molecule has 1 N–H and O–H groups in total. The summed E-state index contributed by atoms with van der Waals surface area (Å²) in [6, 6.07) is 16.9. The van der Waals surface area contributed by atoms with Crippen LogP contribution < -0.4 is 5.32 Å². The number of carbonyl (C=O) groups is 2. The molecule has 1 aliphatic rings. The Balaban J connectivity index is 1.37. The molecule has 1 fully saturated rings.